The Kier molecular flexibility index (Phi) is 2.45. The molecule has 0 unspecified atom stereocenters. The van der Waals surface area contributed by atoms with Crippen LogP contribution in [0.1, 0.15) is 11.6 Å². The molecular weight excluding hydrogens is 198 g/mol. The molecule has 6 heteroatoms. The van der Waals surface area contributed by atoms with Crippen LogP contribution in [0.25, 0.3) is 0 Å². The highest BCUT2D eigenvalue weighted by Crippen LogP contribution is 2.12. The lowest BCUT2D eigenvalue weighted by Gasteiger charge is -2.16. The summed E-state index contributed by atoms with van der Waals surface area (Å²) in [6.45, 7) is 2.63. The molecule has 82 valence electrons. The average Bonchev–Trinajstić information content (AvgIpc) is 2.58. The maximum Gasteiger partial charge on any atom is 0.328 e. The fraction of sp³-hybridized carbons (Fsp3) is 0.556. The first-order valence-corrected chi connectivity index (χ1v) is 4.80. The van der Waals surface area contributed by atoms with E-state index in [0.717, 1.165) is 0 Å². The van der Waals surface area contributed by atoms with Crippen molar-refractivity contribution in [3.8, 4) is 0 Å². The molecule has 6 nitrogen and oxygen atoms in total. The third-order valence-corrected chi connectivity index (χ3v) is 2.65. The molecule has 2 heterocycles. The summed E-state index contributed by atoms with van der Waals surface area (Å²) in [5.74, 6) is 0. The highest BCUT2D eigenvalue weighted by molar-refractivity contribution is 5.03. The van der Waals surface area contributed by atoms with E-state index in [4.69, 9.17) is 0 Å². The third-order valence-electron chi connectivity index (χ3n) is 2.65. The number of β-amino-alcohol motifs (C(OH)–C–C–N with tert-alkyl or cyclic N) is 1. The lowest BCUT2D eigenvalue weighted by Crippen LogP contribution is -2.37. The van der Waals surface area contributed by atoms with Crippen molar-refractivity contribution in [2.45, 2.75) is 19.1 Å². The smallest absolute Gasteiger partial charge is 0.328 e. The molecule has 3 N–H and O–H groups in total. The fourth-order valence-electron chi connectivity index (χ4n) is 1.77. The van der Waals surface area contributed by atoms with Crippen LogP contribution in [0.15, 0.2) is 15.8 Å². The van der Waals surface area contributed by atoms with Crippen LogP contribution in [0.2, 0.25) is 0 Å². The van der Waals surface area contributed by atoms with Crippen LogP contribution >= 0.6 is 0 Å². The van der Waals surface area contributed by atoms with Crippen molar-refractivity contribution in [2.75, 3.05) is 13.1 Å². The second-order valence-electron chi connectivity index (χ2n) is 3.77. The zero-order valence-electron chi connectivity index (χ0n) is 8.36. The van der Waals surface area contributed by atoms with Crippen molar-refractivity contribution in [3.05, 3.63) is 32.6 Å². The summed E-state index contributed by atoms with van der Waals surface area (Å²) in [7, 11) is 0. The van der Waals surface area contributed by atoms with Gasteiger partial charge in [0.15, 0.2) is 0 Å². The number of aromatic nitrogens is 2. The highest BCUT2D eigenvalue weighted by Gasteiger charge is 2.27. The van der Waals surface area contributed by atoms with Crippen LogP contribution < -0.4 is 16.6 Å². The summed E-state index contributed by atoms with van der Waals surface area (Å²) in [6.07, 6.45) is 0.898. The molecule has 0 spiro atoms. The second-order valence-corrected chi connectivity index (χ2v) is 3.77. The number of nitrogens with zero attached hydrogens (tertiary/aromatic N) is 1. The third kappa shape index (κ3) is 1.73. The Hall–Kier alpha value is -1.40. The number of aryl methyl sites for hydroxylation is 1. The van der Waals surface area contributed by atoms with Gasteiger partial charge in [-0.05, 0) is 6.92 Å². The van der Waals surface area contributed by atoms with Gasteiger partial charge in [0.25, 0.3) is 5.56 Å². The van der Waals surface area contributed by atoms with Crippen LogP contribution in [-0.4, -0.2) is 33.9 Å². The fourth-order valence-corrected chi connectivity index (χ4v) is 1.77. The van der Waals surface area contributed by atoms with E-state index in [1.165, 1.54) is 10.8 Å². The maximum absolute atomic E-state index is 11.5. The predicted molar refractivity (Wildman–Crippen MR) is 54.0 cm³/mol. The summed E-state index contributed by atoms with van der Waals surface area (Å²) in [4.78, 5) is 24.9. The molecule has 0 aliphatic carbocycles. The van der Waals surface area contributed by atoms with Gasteiger partial charge in [-0.15, -0.1) is 0 Å². The summed E-state index contributed by atoms with van der Waals surface area (Å²) < 4.78 is 1.38. The van der Waals surface area contributed by atoms with Crippen LogP contribution in [-0.2, 0) is 0 Å². The molecule has 0 saturated carbocycles. The van der Waals surface area contributed by atoms with E-state index in [2.05, 4.69) is 10.3 Å². The Morgan fingerprint density at radius 1 is 1.47 bits per heavy atom. The SMILES string of the molecule is Cc1cn([C@@H]2CNC[C@@H]2O)c(=O)[nH]c1=O. The topological polar surface area (TPSA) is 87.1 Å². The maximum atomic E-state index is 11.5. The number of rotatable bonds is 1. The van der Waals surface area contributed by atoms with Gasteiger partial charge in [0, 0.05) is 24.8 Å². The minimum Gasteiger partial charge on any atom is -0.390 e. The van der Waals surface area contributed by atoms with Crippen molar-refractivity contribution in [3.63, 3.8) is 0 Å². The standard InChI is InChI=1S/C9H13N3O3/c1-5-4-12(9(15)11-8(5)14)6-2-10-3-7(6)13/h4,6-7,10,13H,2-3H2,1H3,(H,11,14,15)/t6-,7+/m1/s1. The number of H-pyrrole nitrogens is 1. The van der Waals surface area contributed by atoms with Gasteiger partial charge in [-0.1, -0.05) is 0 Å². The number of nitrogens with one attached hydrogen (secondary N) is 2. The number of aliphatic hydroxyl groups excluding tert-OH is 1. The van der Waals surface area contributed by atoms with Gasteiger partial charge in [0.05, 0.1) is 12.1 Å². The number of hydrogen-bond donors (Lipinski definition) is 3. The lowest BCUT2D eigenvalue weighted by molar-refractivity contribution is 0.148. The van der Waals surface area contributed by atoms with E-state index in [0.29, 0.717) is 18.7 Å². The first kappa shape index (κ1) is 10.1. The molecule has 0 amide bonds. The zero-order chi connectivity index (χ0) is 11.0. The van der Waals surface area contributed by atoms with E-state index in [1.54, 1.807) is 6.92 Å². The van der Waals surface area contributed by atoms with Crippen LogP contribution in [0.4, 0.5) is 0 Å². The van der Waals surface area contributed by atoms with Crippen LogP contribution in [0.5, 0.6) is 0 Å². The molecule has 1 saturated heterocycles. The number of aromatic amines is 1. The molecule has 1 aliphatic rings. The largest absolute Gasteiger partial charge is 0.390 e. The first-order chi connectivity index (χ1) is 7.09. The monoisotopic (exact) mass is 211 g/mol. The second kappa shape index (κ2) is 3.63. The predicted octanol–water partition coefficient (Wildman–Crippen LogP) is -1.65. The van der Waals surface area contributed by atoms with E-state index >= 15 is 0 Å². The normalized spacial score (nSPS) is 25.7. The Morgan fingerprint density at radius 3 is 2.80 bits per heavy atom. The molecule has 1 fully saturated rings. The molecule has 0 aromatic carbocycles. The molecule has 1 aromatic heterocycles. The summed E-state index contributed by atoms with van der Waals surface area (Å²) in [6, 6.07) is -0.298. The van der Waals surface area contributed by atoms with E-state index in [-0.39, 0.29) is 11.6 Å². The molecular formula is C9H13N3O3. The molecule has 0 bridgehead atoms. The molecule has 1 aromatic rings. The van der Waals surface area contributed by atoms with Crippen molar-refractivity contribution < 1.29 is 5.11 Å². The summed E-state index contributed by atoms with van der Waals surface area (Å²) in [5.41, 5.74) is -0.385. The first-order valence-electron chi connectivity index (χ1n) is 4.80. The van der Waals surface area contributed by atoms with Crippen molar-refractivity contribution in [1.29, 1.82) is 0 Å². The summed E-state index contributed by atoms with van der Waals surface area (Å²) in [5, 5.41) is 12.6. The van der Waals surface area contributed by atoms with Gasteiger partial charge < -0.3 is 10.4 Å². The molecule has 2 rings (SSSR count). The van der Waals surface area contributed by atoms with Crippen molar-refractivity contribution >= 4 is 0 Å². The Morgan fingerprint density at radius 2 is 2.20 bits per heavy atom. The van der Waals surface area contributed by atoms with Gasteiger partial charge in [-0.2, -0.15) is 0 Å². The van der Waals surface area contributed by atoms with Gasteiger partial charge in [-0.25, -0.2) is 4.79 Å². The van der Waals surface area contributed by atoms with Gasteiger partial charge in [0.1, 0.15) is 0 Å². The zero-order valence-corrected chi connectivity index (χ0v) is 8.36. The highest BCUT2D eigenvalue weighted by atomic mass is 16.3. The molecule has 15 heavy (non-hydrogen) atoms. The van der Waals surface area contributed by atoms with E-state index in [9.17, 15) is 14.7 Å². The molecule has 1 aliphatic heterocycles. The average molecular weight is 211 g/mol. The van der Waals surface area contributed by atoms with Crippen molar-refractivity contribution in [2.24, 2.45) is 0 Å². The quantitative estimate of drug-likeness (QED) is 0.519. The van der Waals surface area contributed by atoms with Crippen LogP contribution in [0, 0.1) is 6.92 Å². The number of aliphatic hydroxyl groups is 1. The minimum atomic E-state index is -0.590. The lowest BCUT2D eigenvalue weighted by atomic mass is 10.2. The van der Waals surface area contributed by atoms with E-state index < -0.39 is 11.8 Å². The van der Waals surface area contributed by atoms with Gasteiger partial charge in [0.2, 0.25) is 0 Å². The van der Waals surface area contributed by atoms with Crippen molar-refractivity contribution in [1.82, 2.24) is 14.9 Å². The molecule has 2 atom stereocenters. The Labute approximate surface area is 85.6 Å². The van der Waals surface area contributed by atoms with E-state index in [1.807, 2.05) is 0 Å². The number of hydrogen-bond acceptors (Lipinski definition) is 4. The Balaban J connectivity index is 2.48. The van der Waals surface area contributed by atoms with Gasteiger partial charge >= 0.3 is 5.69 Å². The molecule has 0 radical (unpaired) electrons. The minimum absolute atomic E-state index is 0.298. The summed E-state index contributed by atoms with van der Waals surface area (Å²) >= 11 is 0. The van der Waals surface area contributed by atoms with Gasteiger partial charge in [-0.3, -0.25) is 14.3 Å². The Bertz CT molecular complexity index is 476. The van der Waals surface area contributed by atoms with Crippen LogP contribution in [0.3, 0.4) is 0 Å².